The molecule has 2 aromatic rings. The van der Waals surface area contributed by atoms with E-state index in [0.717, 1.165) is 11.1 Å². The van der Waals surface area contributed by atoms with Gasteiger partial charge in [-0.15, -0.1) is 0 Å². The van der Waals surface area contributed by atoms with Crippen LogP contribution in [0, 0.1) is 13.8 Å². The molecule has 0 spiro atoms. The molecule has 0 atom stereocenters. The van der Waals surface area contributed by atoms with Crippen LogP contribution in [0.15, 0.2) is 36.4 Å². The first kappa shape index (κ1) is 16.5. The Morgan fingerprint density at radius 3 is 2.32 bits per heavy atom. The largest absolute Gasteiger partial charge is 0.454 e. The molecule has 0 fully saturated rings. The molecule has 5 heteroatoms. The minimum atomic E-state index is -0.532. The lowest BCUT2D eigenvalue weighted by Crippen LogP contribution is -2.15. The van der Waals surface area contributed by atoms with Gasteiger partial charge in [-0.05, 0) is 43.7 Å². The quantitative estimate of drug-likeness (QED) is 0.602. The second kappa shape index (κ2) is 6.95. The summed E-state index contributed by atoms with van der Waals surface area (Å²) in [7, 11) is 0. The van der Waals surface area contributed by atoms with Crippen molar-refractivity contribution in [1.82, 2.24) is 0 Å². The zero-order valence-corrected chi connectivity index (χ0v) is 13.7. The first-order valence-corrected chi connectivity index (χ1v) is 7.36. The summed E-state index contributed by atoms with van der Waals surface area (Å²) in [4.78, 5) is 24.1. The number of carbonyl (C=O) groups excluding carboxylic acids is 2. The number of esters is 1. The molecule has 2 rings (SSSR count). The number of ether oxygens (including phenoxy) is 1. The highest BCUT2D eigenvalue weighted by atomic mass is 35.5. The summed E-state index contributed by atoms with van der Waals surface area (Å²) in [6.45, 7) is 3.39. The van der Waals surface area contributed by atoms with Crippen molar-refractivity contribution >= 4 is 35.0 Å². The van der Waals surface area contributed by atoms with Gasteiger partial charge in [0.2, 0.25) is 5.78 Å². The molecule has 0 aliphatic carbocycles. The summed E-state index contributed by atoms with van der Waals surface area (Å²) in [6.07, 6.45) is 0. The van der Waals surface area contributed by atoms with Gasteiger partial charge in [-0.1, -0.05) is 40.9 Å². The highest BCUT2D eigenvalue weighted by Gasteiger charge is 2.15. The van der Waals surface area contributed by atoms with Crippen molar-refractivity contribution in [2.75, 3.05) is 6.61 Å². The smallest absolute Gasteiger partial charge is 0.338 e. The Kier molecular flexibility index (Phi) is 5.22. The van der Waals surface area contributed by atoms with E-state index in [4.69, 9.17) is 27.9 Å². The summed E-state index contributed by atoms with van der Waals surface area (Å²) >= 11 is 11.7. The van der Waals surface area contributed by atoms with E-state index < -0.39 is 5.97 Å². The number of benzene rings is 2. The minimum absolute atomic E-state index is 0.236. The maximum absolute atomic E-state index is 12.0. The maximum Gasteiger partial charge on any atom is 0.338 e. The summed E-state index contributed by atoms with van der Waals surface area (Å²) in [5.74, 6) is -0.907. The van der Waals surface area contributed by atoms with E-state index in [-0.39, 0.29) is 23.0 Å². The average molecular weight is 337 g/mol. The summed E-state index contributed by atoms with van der Waals surface area (Å²) in [5.41, 5.74) is 2.58. The normalized spacial score (nSPS) is 10.4. The predicted octanol–water partition coefficient (Wildman–Crippen LogP) is 4.65. The van der Waals surface area contributed by atoms with Crippen LogP contribution in [0.2, 0.25) is 10.0 Å². The molecule has 0 amide bonds. The summed E-state index contributed by atoms with van der Waals surface area (Å²) in [6, 6.07) is 9.94. The number of carbonyl (C=O) groups is 2. The van der Waals surface area contributed by atoms with Gasteiger partial charge in [0.25, 0.3) is 0 Å². The molecule has 0 N–H and O–H groups in total. The SMILES string of the molecule is Cc1ccc(C(=O)OCC(=O)c2ccc(Cl)cc2Cl)c(C)c1. The van der Waals surface area contributed by atoms with Crippen LogP contribution in [0.25, 0.3) is 0 Å². The van der Waals surface area contributed by atoms with Crippen LogP contribution in [-0.4, -0.2) is 18.4 Å². The standard InChI is InChI=1S/C17H14Cl2O3/c1-10-3-5-13(11(2)7-10)17(21)22-9-16(20)14-6-4-12(18)8-15(14)19/h3-8H,9H2,1-2H3. The highest BCUT2D eigenvalue weighted by molar-refractivity contribution is 6.36. The number of ketones is 1. The van der Waals surface area contributed by atoms with E-state index in [1.165, 1.54) is 12.1 Å². The van der Waals surface area contributed by atoms with Crippen molar-refractivity contribution < 1.29 is 14.3 Å². The molecule has 22 heavy (non-hydrogen) atoms. The fraction of sp³-hybridized carbons (Fsp3) is 0.176. The van der Waals surface area contributed by atoms with Gasteiger partial charge in [-0.3, -0.25) is 4.79 Å². The number of hydrogen-bond acceptors (Lipinski definition) is 3. The van der Waals surface area contributed by atoms with Crippen molar-refractivity contribution in [2.45, 2.75) is 13.8 Å². The van der Waals surface area contributed by atoms with Gasteiger partial charge in [0.15, 0.2) is 6.61 Å². The zero-order valence-electron chi connectivity index (χ0n) is 12.2. The third-order valence-corrected chi connectivity index (χ3v) is 3.72. The topological polar surface area (TPSA) is 43.4 Å². The first-order chi connectivity index (χ1) is 10.4. The van der Waals surface area contributed by atoms with Gasteiger partial charge in [0.05, 0.1) is 10.6 Å². The Morgan fingerprint density at radius 1 is 1.00 bits per heavy atom. The van der Waals surface area contributed by atoms with Crippen LogP contribution in [0.3, 0.4) is 0 Å². The maximum atomic E-state index is 12.0. The number of Topliss-reactive ketones (excluding diaryl/α,β-unsaturated/α-hetero) is 1. The Balaban J connectivity index is 2.06. The fourth-order valence-corrected chi connectivity index (χ4v) is 2.56. The van der Waals surface area contributed by atoms with Crippen LogP contribution in [0.1, 0.15) is 31.8 Å². The number of rotatable bonds is 4. The molecule has 0 heterocycles. The molecule has 0 aliphatic rings. The highest BCUT2D eigenvalue weighted by Crippen LogP contribution is 2.21. The minimum Gasteiger partial charge on any atom is -0.454 e. The number of aryl methyl sites for hydroxylation is 2. The Morgan fingerprint density at radius 2 is 1.68 bits per heavy atom. The lowest BCUT2D eigenvalue weighted by atomic mass is 10.1. The Labute approximate surface area is 138 Å². The lowest BCUT2D eigenvalue weighted by Gasteiger charge is -2.08. The Bertz CT molecular complexity index is 675. The first-order valence-electron chi connectivity index (χ1n) is 6.61. The third kappa shape index (κ3) is 3.87. The summed E-state index contributed by atoms with van der Waals surface area (Å²) < 4.78 is 5.07. The molecule has 0 aromatic heterocycles. The third-order valence-electron chi connectivity index (χ3n) is 3.17. The van der Waals surface area contributed by atoms with Gasteiger partial charge in [0, 0.05) is 10.6 Å². The van der Waals surface area contributed by atoms with Gasteiger partial charge in [0.1, 0.15) is 0 Å². The van der Waals surface area contributed by atoms with Crippen molar-refractivity contribution in [3.05, 3.63) is 68.7 Å². The van der Waals surface area contributed by atoms with Crippen molar-refractivity contribution in [3.8, 4) is 0 Å². The zero-order chi connectivity index (χ0) is 16.3. The van der Waals surface area contributed by atoms with Crippen LogP contribution >= 0.6 is 23.2 Å². The van der Waals surface area contributed by atoms with Crippen LogP contribution in [0.4, 0.5) is 0 Å². The van der Waals surface area contributed by atoms with Crippen LogP contribution in [-0.2, 0) is 4.74 Å². The molecule has 0 saturated heterocycles. The van der Waals surface area contributed by atoms with Crippen LogP contribution < -0.4 is 0 Å². The molecule has 114 valence electrons. The summed E-state index contributed by atoms with van der Waals surface area (Å²) in [5, 5.41) is 0.675. The van der Waals surface area contributed by atoms with E-state index >= 15 is 0 Å². The van der Waals surface area contributed by atoms with E-state index in [9.17, 15) is 9.59 Å². The second-order valence-corrected chi connectivity index (χ2v) is 5.79. The van der Waals surface area contributed by atoms with E-state index in [0.29, 0.717) is 10.6 Å². The van der Waals surface area contributed by atoms with Crippen LogP contribution in [0.5, 0.6) is 0 Å². The number of hydrogen-bond donors (Lipinski definition) is 0. The number of halogens is 2. The monoisotopic (exact) mass is 336 g/mol. The van der Waals surface area contributed by atoms with Gasteiger partial charge in [-0.25, -0.2) is 4.79 Å². The molecule has 0 bridgehead atoms. The fourth-order valence-electron chi connectivity index (χ4n) is 2.04. The molecule has 0 saturated carbocycles. The molecule has 3 nitrogen and oxygen atoms in total. The van der Waals surface area contributed by atoms with E-state index in [2.05, 4.69) is 0 Å². The molecule has 0 unspecified atom stereocenters. The molecule has 2 aromatic carbocycles. The molecular formula is C17H14Cl2O3. The Hall–Kier alpha value is -1.84. The average Bonchev–Trinajstić information content (AvgIpc) is 2.44. The molecule has 0 aliphatic heterocycles. The van der Waals surface area contributed by atoms with Crippen molar-refractivity contribution in [2.24, 2.45) is 0 Å². The van der Waals surface area contributed by atoms with Crippen molar-refractivity contribution in [1.29, 1.82) is 0 Å². The van der Waals surface area contributed by atoms with E-state index in [1.807, 2.05) is 26.0 Å². The second-order valence-electron chi connectivity index (χ2n) is 4.94. The molecule has 0 radical (unpaired) electrons. The van der Waals surface area contributed by atoms with Gasteiger partial charge >= 0.3 is 5.97 Å². The van der Waals surface area contributed by atoms with Crippen molar-refractivity contribution in [3.63, 3.8) is 0 Å². The lowest BCUT2D eigenvalue weighted by molar-refractivity contribution is 0.0474. The van der Waals surface area contributed by atoms with Gasteiger partial charge < -0.3 is 4.74 Å². The molecular weight excluding hydrogens is 323 g/mol. The van der Waals surface area contributed by atoms with Gasteiger partial charge in [-0.2, -0.15) is 0 Å². The predicted molar refractivity (Wildman–Crippen MR) is 87.0 cm³/mol. The van der Waals surface area contributed by atoms with E-state index in [1.54, 1.807) is 12.1 Å².